The fourth-order valence-electron chi connectivity index (χ4n) is 2.51. The summed E-state index contributed by atoms with van der Waals surface area (Å²) >= 11 is 0. The van der Waals surface area contributed by atoms with Crippen LogP contribution in [0.2, 0.25) is 0 Å². The van der Waals surface area contributed by atoms with Crippen LogP contribution in [0.15, 0.2) is 47.7 Å². The van der Waals surface area contributed by atoms with E-state index in [1.165, 1.54) is 11.1 Å². The summed E-state index contributed by atoms with van der Waals surface area (Å²) in [5.41, 5.74) is 8.45. The smallest absolute Gasteiger partial charge is 0.192 e. The van der Waals surface area contributed by atoms with Crippen LogP contribution in [-0.4, -0.2) is 27.2 Å². The second-order valence-electron chi connectivity index (χ2n) is 4.96. The van der Waals surface area contributed by atoms with Crippen molar-refractivity contribution in [3.05, 3.63) is 53.9 Å². The predicted octanol–water partition coefficient (Wildman–Crippen LogP) is 1.77. The molecule has 5 heteroatoms. The highest BCUT2D eigenvalue weighted by atomic mass is 15.3. The molecule has 0 bridgehead atoms. The number of rotatable bonds is 4. The number of nitrogens with two attached hydrogens (primary N) is 1. The van der Waals surface area contributed by atoms with Gasteiger partial charge in [-0.1, -0.05) is 30.3 Å². The summed E-state index contributed by atoms with van der Waals surface area (Å²) in [7, 11) is 0. The molecule has 5 nitrogen and oxygen atoms in total. The summed E-state index contributed by atoms with van der Waals surface area (Å²) in [6, 6.07) is 10.5. The number of aliphatic imine (C=N–C) groups is 1. The zero-order valence-electron chi connectivity index (χ0n) is 11.6. The van der Waals surface area contributed by atoms with Crippen LogP contribution in [0.3, 0.4) is 0 Å². The van der Waals surface area contributed by atoms with Gasteiger partial charge >= 0.3 is 0 Å². The number of hydrogen-bond acceptors (Lipinski definition) is 4. The Bertz CT molecular complexity index is 602. The lowest BCUT2D eigenvalue weighted by molar-refractivity contribution is 0.340. The fraction of sp³-hybridized carbons (Fsp3) is 0.333. The van der Waals surface area contributed by atoms with Crippen LogP contribution in [0.1, 0.15) is 24.1 Å². The maximum Gasteiger partial charge on any atom is 0.192 e. The normalized spacial score (nSPS) is 18.4. The molecule has 3 rings (SSSR count). The SMILES string of the molecule is CCn1cc(C2CN=C(N)N2Cc2ccccc2)cn1. The molecule has 0 aliphatic carbocycles. The summed E-state index contributed by atoms with van der Waals surface area (Å²) in [6.45, 7) is 4.44. The van der Waals surface area contributed by atoms with Crippen molar-refractivity contribution in [2.45, 2.75) is 26.1 Å². The van der Waals surface area contributed by atoms with Crippen LogP contribution in [-0.2, 0) is 13.1 Å². The van der Waals surface area contributed by atoms with E-state index in [4.69, 9.17) is 5.73 Å². The summed E-state index contributed by atoms with van der Waals surface area (Å²) in [5.74, 6) is 0.614. The van der Waals surface area contributed by atoms with Gasteiger partial charge in [0.15, 0.2) is 5.96 Å². The van der Waals surface area contributed by atoms with Gasteiger partial charge in [-0.3, -0.25) is 9.67 Å². The molecule has 2 heterocycles. The first-order valence-electron chi connectivity index (χ1n) is 6.90. The van der Waals surface area contributed by atoms with Crippen LogP contribution in [0.5, 0.6) is 0 Å². The van der Waals surface area contributed by atoms with Crippen LogP contribution in [0, 0.1) is 0 Å². The Balaban J connectivity index is 1.81. The second kappa shape index (κ2) is 5.36. The highest BCUT2D eigenvalue weighted by Gasteiger charge is 2.28. The van der Waals surface area contributed by atoms with E-state index in [1.54, 1.807) is 0 Å². The van der Waals surface area contributed by atoms with E-state index in [1.807, 2.05) is 29.1 Å². The molecule has 1 aromatic carbocycles. The average Bonchev–Trinajstić information content (AvgIpc) is 3.08. The molecule has 2 N–H and O–H groups in total. The Morgan fingerprint density at radius 2 is 2.10 bits per heavy atom. The Morgan fingerprint density at radius 3 is 2.80 bits per heavy atom. The van der Waals surface area contributed by atoms with Gasteiger partial charge in [0.25, 0.3) is 0 Å². The lowest BCUT2D eigenvalue weighted by atomic mass is 10.1. The lowest BCUT2D eigenvalue weighted by Crippen LogP contribution is -2.35. The summed E-state index contributed by atoms with van der Waals surface area (Å²) in [5, 5.41) is 4.34. The summed E-state index contributed by atoms with van der Waals surface area (Å²) in [4.78, 5) is 6.54. The third-order valence-corrected chi connectivity index (χ3v) is 3.65. The molecule has 2 aromatic rings. The Hall–Kier alpha value is -2.30. The number of benzene rings is 1. The number of nitrogens with zero attached hydrogens (tertiary/aromatic N) is 4. The first-order valence-corrected chi connectivity index (χ1v) is 6.90. The minimum absolute atomic E-state index is 0.190. The molecule has 1 unspecified atom stereocenters. The van der Waals surface area contributed by atoms with E-state index in [-0.39, 0.29) is 6.04 Å². The lowest BCUT2D eigenvalue weighted by Gasteiger charge is -2.25. The Kier molecular flexibility index (Phi) is 3.41. The Labute approximate surface area is 118 Å². The monoisotopic (exact) mass is 269 g/mol. The molecule has 1 aromatic heterocycles. The average molecular weight is 269 g/mol. The number of aromatic nitrogens is 2. The van der Waals surface area contributed by atoms with Gasteiger partial charge in [-0.25, -0.2) is 0 Å². The molecule has 0 spiro atoms. The fourth-order valence-corrected chi connectivity index (χ4v) is 2.51. The van der Waals surface area contributed by atoms with Gasteiger partial charge in [-0.15, -0.1) is 0 Å². The van der Waals surface area contributed by atoms with E-state index in [0.29, 0.717) is 12.5 Å². The molecule has 0 amide bonds. The minimum Gasteiger partial charge on any atom is -0.370 e. The van der Waals surface area contributed by atoms with Crippen molar-refractivity contribution in [3.63, 3.8) is 0 Å². The molecule has 1 aliphatic rings. The first-order chi connectivity index (χ1) is 9.78. The topological polar surface area (TPSA) is 59.4 Å². The zero-order chi connectivity index (χ0) is 13.9. The van der Waals surface area contributed by atoms with Gasteiger partial charge in [-0.05, 0) is 12.5 Å². The van der Waals surface area contributed by atoms with E-state index in [2.05, 4.69) is 40.2 Å². The van der Waals surface area contributed by atoms with Crippen LogP contribution >= 0.6 is 0 Å². The molecule has 0 saturated carbocycles. The van der Waals surface area contributed by atoms with Crippen LogP contribution in [0.25, 0.3) is 0 Å². The third-order valence-electron chi connectivity index (χ3n) is 3.65. The Morgan fingerprint density at radius 1 is 1.30 bits per heavy atom. The van der Waals surface area contributed by atoms with E-state index in [9.17, 15) is 0 Å². The van der Waals surface area contributed by atoms with E-state index < -0.39 is 0 Å². The van der Waals surface area contributed by atoms with Gasteiger partial charge in [0.05, 0.1) is 18.8 Å². The van der Waals surface area contributed by atoms with Gasteiger partial charge in [0.2, 0.25) is 0 Å². The van der Waals surface area contributed by atoms with E-state index >= 15 is 0 Å². The number of aryl methyl sites for hydroxylation is 1. The van der Waals surface area contributed by atoms with Crippen molar-refractivity contribution in [2.24, 2.45) is 10.7 Å². The summed E-state index contributed by atoms with van der Waals surface area (Å²) in [6.07, 6.45) is 4.00. The van der Waals surface area contributed by atoms with E-state index in [0.717, 1.165) is 13.1 Å². The molecule has 104 valence electrons. The maximum absolute atomic E-state index is 6.04. The molecule has 0 fully saturated rings. The standard InChI is InChI=1S/C15H19N5/c1-2-19-11-13(8-18-19)14-9-17-15(16)20(14)10-12-6-4-3-5-7-12/h3-8,11,14H,2,9-10H2,1H3,(H2,16,17). The second-order valence-corrected chi connectivity index (χ2v) is 4.96. The number of guanidine groups is 1. The molecular weight excluding hydrogens is 250 g/mol. The van der Waals surface area contributed by atoms with Gasteiger partial charge < -0.3 is 10.6 Å². The minimum atomic E-state index is 0.190. The quantitative estimate of drug-likeness (QED) is 0.920. The third kappa shape index (κ3) is 2.39. The van der Waals surface area contributed by atoms with Crippen molar-refractivity contribution in [3.8, 4) is 0 Å². The summed E-state index contributed by atoms with van der Waals surface area (Å²) < 4.78 is 1.94. The van der Waals surface area contributed by atoms with Crippen molar-refractivity contribution < 1.29 is 0 Å². The molecule has 1 atom stereocenters. The van der Waals surface area contributed by atoms with Crippen molar-refractivity contribution in [1.29, 1.82) is 0 Å². The molecule has 1 aliphatic heterocycles. The van der Waals surface area contributed by atoms with Gasteiger partial charge in [0.1, 0.15) is 0 Å². The maximum atomic E-state index is 6.04. The van der Waals surface area contributed by atoms with Crippen molar-refractivity contribution >= 4 is 5.96 Å². The largest absolute Gasteiger partial charge is 0.370 e. The number of hydrogen-bond donors (Lipinski definition) is 1. The molecule has 0 radical (unpaired) electrons. The van der Waals surface area contributed by atoms with Gasteiger partial charge in [-0.2, -0.15) is 5.10 Å². The first kappa shape index (κ1) is 12.7. The predicted molar refractivity (Wildman–Crippen MR) is 79.1 cm³/mol. The van der Waals surface area contributed by atoms with Crippen molar-refractivity contribution in [2.75, 3.05) is 6.54 Å². The van der Waals surface area contributed by atoms with Crippen LogP contribution < -0.4 is 5.73 Å². The molecule has 20 heavy (non-hydrogen) atoms. The highest BCUT2D eigenvalue weighted by Crippen LogP contribution is 2.26. The highest BCUT2D eigenvalue weighted by molar-refractivity contribution is 5.80. The van der Waals surface area contributed by atoms with Crippen LogP contribution in [0.4, 0.5) is 0 Å². The molecular formula is C15H19N5. The van der Waals surface area contributed by atoms with Crippen molar-refractivity contribution in [1.82, 2.24) is 14.7 Å². The van der Waals surface area contributed by atoms with Gasteiger partial charge in [0, 0.05) is 24.8 Å². The zero-order valence-corrected chi connectivity index (χ0v) is 11.6. The molecule has 0 saturated heterocycles.